The molecule has 1 aliphatic heterocycles. The lowest BCUT2D eigenvalue weighted by Gasteiger charge is -1.80. The van der Waals surface area contributed by atoms with Gasteiger partial charge in [0, 0.05) is 4.99 Å². The summed E-state index contributed by atoms with van der Waals surface area (Å²) in [6.07, 6.45) is 2.89. The Labute approximate surface area is 46.1 Å². The third kappa shape index (κ3) is 0.841. The largest absolute Gasteiger partial charge is 0.540 e. The Morgan fingerprint density at radius 2 is 2.50 bits per heavy atom. The van der Waals surface area contributed by atoms with Crippen molar-refractivity contribution in [1.82, 2.24) is 4.99 Å². The van der Waals surface area contributed by atoms with Crippen LogP contribution in [-0.4, -0.2) is 17.0 Å². The molecule has 0 aromatic carbocycles. The van der Waals surface area contributed by atoms with Gasteiger partial charge >= 0.3 is 6.02 Å². The van der Waals surface area contributed by atoms with Gasteiger partial charge < -0.3 is 10.8 Å². The molecule has 0 amide bonds. The Bertz CT molecular complexity index is 177. The van der Waals surface area contributed by atoms with Crippen molar-refractivity contribution in [2.45, 2.75) is 0 Å². The highest BCUT2D eigenvalue weighted by Gasteiger charge is 2.09. The molecule has 41 valence electrons. The van der Waals surface area contributed by atoms with Crippen molar-refractivity contribution in [2.75, 3.05) is 0 Å². The van der Waals surface area contributed by atoms with E-state index in [-0.39, 0.29) is 11.9 Å². The van der Waals surface area contributed by atoms with Crippen LogP contribution < -0.4 is 10.7 Å². The summed E-state index contributed by atoms with van der Waals surface area (Å²) in [5.41, 5.74) is 5.15. The van der Waals surface area contributed by atoms with Gasteiger partial charge in [-0.2, -0.15) is 0 Å². The highest BCUT2D eigenvalue weighted by Crippen LogP contribution is 1.79. The van der Waals surface area contributed by atoms with Crippen molar-refractivity contribution in [3.63, 3.8) is 0 Å². The molecule has 0 aliphatic carbocycles. The Hall–Kier alpha value is -1.32. The van der Waals surface area contributed by atoms with Crippen molar-refractivity contribution in [1.29, 1.82) is 0 Å². The minimum Gasteiger partial charge on any atom is -0.441 e. The first-order valence-corrected chi connectivity index (χ1v) is 2.06. The van der Waals surface area contributed by atoms with Crippen LogP contribution in [0.4, 0.5) is 0 Å². The fraction of sp³-hybridized carbons (Fsp3) is 0. The van der Waals surface area contributed by atoms with Crippen LogP contribution in [0.3, 0.4) is 0 Å². The van der Waals surface area contributed by atoms with Gasteiger partial charge in [-0.3, -0.25) is 0 Å². The number of rotatable bonds is 0. The van der Waals surface area contributed by atoms with Gasteiger partial charge in [-0.25, -0.2) is 0 Å². The van der Waals surface area contributed by atoms with Gasteiger partial charge in [-0.1, -0.05) is 0 Å². The molecule has 1 heterocycles. The molecule has 8 heavy (non-hydrogen) atoms. The molecule has 3 N–H and O–H groups in total. The molecule has 4 heteroatoms. The van der Waals surface area contributed by atoms with Gasteiger partial charge in [0.25, 0.3) is 0 Å². The Balaban J connectivity index is 2.89. The van der Waals surface area contributed by atoms with Crippen LogP contribution in [-0.2, 0) is 0 Å². The maximum Gasteiger partial charge on any atom is 0.540 e. The fourth-order valence-corrected chi connectivity index (χ4v) is 0.362. The van der Waals surface area contributed by atoms with E-state index in [0.717, 1.165) is 0 Å². The third-order valence-corrected chi connectivity index (χ3v) is 0.664. The van der Waals surface area contributed by atoms with E-state index < -0.39 is 0 Å². The molecular formula is C4H5N3O+. The van der Waals surface area contributed by atoms with Crippen LogP contribution in [0.5, 0.6) is 0 Å². The topological polar surface area (TPSA) is 72.7 Å². The third-order valence-electron chi connectivity index (χ3n) is 0.664. The minimum atomic E-state index is -0.287. The quantitative estimate of drug-likeness (QED) is 0.426. The van der Waals surface area contributed by atoms with E-state index in [1.165, 1.54) is 12.3 Å². The Morgan fingerprint density at radius 1 is 1.75 bits per heavy atom. The van der Waals surface area contributed by atoms with Gasteiger partial charge in [0.2, 0.25) is 5.84 Å². The van der Waals surface area contributed by atoms with Crippen molar-refractivity contribution in [3.8, 4) is 0 Å². The molecule has 1 aliphatic rings. The Morgan fingerprint density at radius 3 is 2.88 bits per heavy atom. The summed E-state index contributed by atoms with van der Waals surface area (Å²) in [6, 6.07) is -0.287. The summed E-state index contributed by atoms with van der Waals surface area (Å²) in [7, 11) is 0. The van der Waals surface area contributed by atoms with Crippen LogP contribution in [0.1, 0.15) is 0 Å². The molecular weight excluding hydrogens is 106 g/mol. The predicted molar refractivity (Wildman–Crippen MR) is 30.5 cm³/mol. The number of aliphatic imine (C=N–C) groups is 2. The van der Waals surface area contributed by atoms with Crippen molar-refractivity contribution >= 4 is 11.9 Å². The summed E-state index contributed by atoms with van der Waals surface area (Å²) < 4.78 is 0. The van der Waals surface area contributed by atoms with Gasteiger partial charge in [-0.15, -0.1) is 0 Å². The first-order valence-electron chi connectivity index (χ1n) is 2.06. The molecule has 0 saturated heterocycles. The summed E-state index contributed by atoms with van der Waals surface area (Å²) >= 11 is 0. The monoisotopic (exact) mass is 111 g/mol. The summed E-state index contributed by atoms with van der Waals surface area (Å²) in [4.78, 5) is 6.80. The van der Waals surface area contributed by atoms with Gasteiger partial charge in [0.15, 0.2) is 0 Å². The second kappa shape index (κ2) is 1.65. The van der Waals surface area contributed by atoms with E-state index in [2.05, 4.69) is 9.98 Å². The zero-order valence-corrected chi connectivity index (χ0v) is 4.07. The van der Waals surface area contributed by atoms with E-state index in [9.17, 15) is 0 Å². The van der Waals surface area contributed by atoms with E-state index in [1.54, 1.807) is 0 Å². The highest BCUT2D eigenvalue weighted by molar-refractivity contribution is 6.00. The van der Waals surface area contributed by atoms with E-state index in [4.69, 9.17) is 10.8 Å². The summed E-state index contributed by atoms with van der Waals surface area (Å²) in [6.45, 7) is 0. The number of nitrogens with zero attached hydrogens (tertiary/aromatic N) is 2. The van der Waals surface area contributed by atoms with Crippen molar-refractivity contribution < 1.29 is 5.11 Å². The maximum absolute atomic E-state index is 8.51. The standard InChI is InChI=1S/C4H5N3O/c5-3-1-2-6-4(8)7-3/h1-2H,(H3,5,7,8)/q+1. The normalized spacial score (nSPS) is 17.5. The average molecular weight is 111 g/mol. The molecule has 4 nitrogen and oxygen atoms in total. The number of nitrogens with two attached hydrogens (primary N) is 1. The zero-order chi connectivity index (χ0) is 5.98. The SMILES string of the molecule is NC1=NC(O)=[N+]C=C1. The molecule has 1 rings (SSSR count). The maximum atomic E-state index is 8.51. The number of amidine groups is 2. The highest BCUT2D eigenvalue weighted by atomic mass is 16.3. The molecule has 0 unspecified atom stereocenters. The van der Waals surface area contributed by atoms with E-state index in [1.807, 2.05) is 0 Å². The van der Waals surface area contributed by atoms with Crippen LogP contribution in [0.15, 0.2) is 17.3 Å². The Kier molecular flexibility index (Phi) is 0.997. The van der Waals surface area contributed by atoms with Crippen LogP contribution in [0.2, 0.25) is 0 Å². The first-order chi connectivity index (χ1) is 3.79. The average Bonchev–Trinajstić information content (AvgIpc) is 1.64. The fourth-order valence-electron chi connectivity index (χ4n) is 0.362. The van der Waals surface area contributed by atoms with Crippen LogP contribution in [0, 0.1) is 0 Å². The van der Waals surface area contributed by atoms with Gasteiger partial charge in [0.05, 0.1) is 6.08 Å². The summed E-state index contributed by atoms with van der Waals surface area (Å²) in [5.74, 6) is 0.275. The van der Waals surface area contributed by atoms with Crippen LogP contribution >= 0.6 is 0 Å². The molecule has 0 spiro atoms. The van der Waals surface area contributed by atoms with E-state index >= 15 is 0 Å². The summed E-state index contributed by atoms with van der Waals surface area (Å²) in [5, 5.41) is 8.51. The molecule has 0 saturated carbocycles. The van der Waals surface area contributed by atoms with Crippen molar-refractivity contribution in [2.24, 2.45) is 10.7 Å². The zero-order valence-electron chi connectivity index (χ0n) is 4.07. The number of hydrogen-bond donors (Lipinski definition) is 2. The number of aliphatic hydroxyl groups is 1. The lowest BCUT2D eigenvalue weighted by molar-refractivity contribution is 0.537. The molecule has 0 atom stereocenters. The number of hydrogen-bond acceptors (Lipinski definition) is 3. The molecule has 0 bridgehead atoms. The molecule has 0 aromatic heterocycles. The first kappa shape index (κ1) is 4.83. The van der Waals surface area contributed by atoms with E-state index in [0.29, 0.717) is 0 Å². The molecule has 1 radical (unpaired) electrons. The van der Waals surface area contributed by atoms with Gasteiger partial charge in [-0.05, 0) is 4.99 Å². The second-order valence-electron chi connectivity index (χ2n) is 1.28. The lowest BCUT2D eigenvalue weighted by Crippen LogP contribution is -2.16. The predicted octanol–water partition coefficient (Wildman–Crippen LogP) is -0.879. The lowest BCUT2D eigenvalue weighted by atomic mass is 10.5. The van der Waals surface area contributed by atoms with Crippen molar-refractivity contribution in [3.05, 3.63) is 12.3 Å². The van der Waals surface area contributed by atoms with Gasteiger partial charge in [0.1, 0.15) is 6.20 Å². The molecule has 0 fully saturated rings. The smallest absolute Gasteiger partial charge is 0.441 e. The van der Waals surface area contributed by atoms with Crippen LogP contribution in [0.25, 0.3) is 0 Å². The number of aliphatic hydroxyl groups excluding tert-OH is 1. The molecule has 0 aromatic rings. The minimum absolute atomic E-state index is 0.275. The second-order valence-corrected chi connectivity index (χ2v) is 1.28.